The minimum absolute atomic E-state index is 0.0196. The number of nitrogens with zero attached hydrogens (tertiary/aromatic N) is 1. The maximum Gasteiger partial charge on any atom is 0.321 e. The minimum Gasteiger partial charge on any atom is -0.336 e. The van der Waals surface area contributed by atoms with Gasteiger partial charge in [0.05, 0.1) is 6.54 Å². The second-order valence-corrected chi connectivity index (χ2v) is 4.81. The first-order valence-corrected chi connectivity index (χ1v) is 6.05. The van der Waals surface area contributed by atoms with E-state index in [0.29, 0.717) is 0 Å². The van der Waals surface area contributed by atoms with Gasteiger partial charge in [0.25, 0.3) is 0 Å². The third-order valence-electron chi connectivity index (χ3n) is 2.58. The summed E-state index contributed by atoms with van der Waals surface area (Å²) in [6.45, 7) is 5.51. The van der Waals surface area contributed by atoms with E-state index in [0.717, 1.165) is 25.9 Å². The molecule has 0 aromatic heterocycles. The average molecular weight is 242 g/mol. The Kier molecular flexibility index (Phi) is 5.37. The number of carbonyl (C=O) groups excluding carboxylic acids is 2. The van der Waals surface area contributed by atoms with E-state index in [2.05, 4.69) is 10.6 Å². The Balaban J connectivity index is 2.26. The van der Waals surface area contributed by atoms with Crippen molar-refractivity contribution in [1.29, 1.82) is 0 Å². The van der Waals surface area contributed by atoms with Crippen LogP contribution in [0.15, 0.2) is 0 Å². The van der Waals surface area contributed by atoms with Crippen LogP contribution in [0, 0.1) is 0 Å². The lowest BCUT2D eigenvalue weighted by atomic mass is 10.1. The van der Waals surface area contributed by atoms with E-state index in [1.165, 1.54) is 0 Å². The van der Waals surface area contributed by atoms with Crippen LogP contribution in [0.5, 0.6) is 0 Å². The Hall–Kier alpha value is -1.14. The summed E-state index contributed by atoms with van der Waals surface area (Å²) in [7, 11) is 0. The molecule has 0 bridgehead atoms. The molecule has 17 heavy (non-hydrogen) atoms. The number of hydrogen-bond donors (Lipinski definition) is 3. The molecule has 0 aliphatic carbocycles. The van der Waals surface area contributed by atoms with Crippen LogP contribution in [0.3, 0.4) is 0 Å². The van der Waals surface area contributed by atoms with Gasteiger partial charge in [0, 0.05) is 18.6 Å². The highest BCUT2D eigenvalue weighted by atomic mass is 16.2. The van der Waals surface area contributed by atoms with Crippen LogP contribution in [0.2, 0.25) is 0 Å². The largest absolute Gasteiger partial charge is 0.336 e. The summed E-state index contributed by atoms with van der Waals surface area (Å²) < 4.78 is 0. The molecule has 0 spiro atoms. The summed E-state index contributed by atoms with van der Waals surface area (Å²) in [5.41, 5.74) is 5.82. The Morgan fingerprint density at radius 1 is 1.47 bits per heavy atom. The number of piperidine rings is 1. The van der Waals surface area contributed by atoms with E-state index in [1.807, 2.05) is 18.7 Å². The van der Waals surface area contributed by atoms with Crippen molar-refractivity contribution in [3.8, 4) is 0 Å². The Morgan fingerprint density at radius 3 is 2.76 bits per heavy atom. The van der Waals surface area contributed by atoms with Crippen molar-refractivity contribution in [2.45, 2.75) is 38.8 Å². The lowest BCUT2D eigenvalue weighted by Crippen LogP contribution is -2.50. The first-order valence-electron chi connectivity index (χ1n) is 6.05. The first-order chi connectivity index (χ1) is 7.97. The van der Waals surface area contributed by atoms with E-state index >= 15 is 0 Å². The third kappa shape index (κ3) is 5.65. The fourth-order valence-corrected chi connectivity index (χ4v) is 1.90. The van der Waals surface area contributed by atoms with Crippen molar-refractivity contribution in [1.82, 2.24) is 15.5 Å². The van der Waals surface area contributed by atoms with Gasteiger partial charge in [0.15, 0.2) is 0 Å². The Morgan fingerprint density at radius 2 is 2.18 bits per heavy atom. The number of hydrogen-bond acceptors (Lipinski definition) is 4. The maximum atomic E-state index is 11.6. The SMILES string of the molecule is CC(C)NC(=O)NC(=O)CN1CCC[C@@H](N)C1. The van der Waals surface area contributed by atoms with Crippen molar-refractivity contribution in [3.63, 3.8) is 0 Å². The van der Waals surface area contributed by atoms with Crippen molar-refractivity contribution in [2.75, 3.05) is 19.6 Å². The molecule has 6 nitrogen and oxygen atoms in total. The quantitative estimate of drug-likeness (QED) is 0.631. The van der Waals surface area contributed by atoms with Crippen LogP contribution in [-0.2, 0) is 4.79 Å². The van der Waals surface area contributed by atoms with Gasteiger partial charge in [-0.2, -0.15) is 0 Å². The van der Waals surface area contributed by atoms with Gasteiger partial charge in [-0.1, -0.05) is 0 Å². The van der Waals surface area contributed by atoms with E-state index in [1.54, 1.807) is 0 Å². The van der Waals surface area contributed by atoms with Crippen LogP contribution in [0.4, 0.5) is 4.79 Å². The second-order valence-electron chi connectivity index (χ2n) is 4.81. The average Bonchev–Trinajstić information content (AvgIpc) is 2.14. The monoisotopic (exact) mass is 242 g/mol. The van der Waals surface area contributed by atoms with Crippen molar-refractivity contribution in [3.05, 3.63) is 0 Å². The maximum absolute atomic E-state index is 11.6. The molecule has 0 aromatic rings. The normalized spacial score (nSPS) is 21.3. The van der Waals surface area contributed by atoms with Gasteiger partial charge in [-0.3, -0.25) is 15.0 Å². The topological polar surface area (TPSA) is 87.5 Å². The second kappa shape index (κ2) is 6.56. The van der Waals surface area contributed by atoms with Crippen molar-refractivity contribution < 1.29 is 9.59 Å². The predicted molar refractivity (Wildman–Crippen MR) is 65.5 cm³/mol. The molecule has 1 aliphatic heterocycles. The predicted octanol–water partition coefficient (Wildman–Crippen LogP) is -0.356. The fraction of sp³-hybridized carbons (Fsp3) is 0.818. The highest BCUT2D eigenvalue weighted by Crippen LogP contribution is 2.07. The van der Waals surface area contributed by atoms with Crippen LogP contribution in [0.25, 0.3) is 0 Å². The molecule has 1 fully saturated rings. The van der Waals surface area contributed by atoms with Crippen LogP contribution >= 0.6 is 0 Å². The number of nitrogens with one attached hydrogen (secondary N) is 2. The van der Waals surface area contributed by atoms with Gasteiger partial charge in [0.2, 0.25) is 5.91 Å². The van der Waals surface area contributed by atoms with Gasteiger partial charge in [-0.05, 0) is 33.2 Å². The molecule has 4 N–H and O–H groups in total. The van der Waals surface area contributed by atoms with Gasteiger partial charge in [0.1, 0.15) is 0 Å². The van der Waals surface area contributed by atoms with Crippen molar-refractivity contribution >= 4 is 11.9 Å². The summed E-state index contributed by atoms with van der Waals surface area (Å²) in [5.74, 6) is -0.280. The number of likely N-dealkylation sites (tertiary alicyclic amines) is 1. The zero-order valence-corrected chi connectivity index (χ0v) is 10.5. The van der Waals surface area contributed by atoms with Crippen LogP contribution in [-0.4, -0.2) is 48.6 Å². The molecule has 1 atom stereocenters. The van der Waals surface area contributed by atoms with Gasteiger partial charge < -0.3 is 11.1 Å². The molecule has 98 valence electrons. The van der Waals surface area contributed by atoms with Crippen LogP contribution in [0.1, 0.15) is 26.7 Å². The highest BCUT2D eigenvalue weighted by molar-refractivity contribution is 5.95. The molecule has 1 heterocycles. The van der Waals surface area contributed by atoms with E-state index in [9.17, 15) is 9.59 Å². The van der Waals surface area contributed by atoms with Crippen molar-refractivity contribution in [2.24, 2.45) is 5.73 Å². The fourth-order valence-electron chi connectivity index (χ4n) is 1.90. The molecule has 6 heteroatoms. The van der Waals surface area contributed by atoms with E-state index < -0.39 is 6.03 Å². The van der Waals surface area contributed by atoms with Crippen LogP contribution < -0.4 is 16.4 Å². The number of carbonyl (C=O) groups is 2. The number of imide groups is 1. The molecular formula is C11H22N4O2. The molecule has 1 saturated heterocycles. The third-order valence-corrected chi connectivity index (χ3v) is 2.58. The molecule has 3 amide bonds. The molecule has 0 aromatic carbocycles. The number of nitrogens with two attached hydrogens (primary N) is 1. The summed E-state index contributed by atoms with van der Waals surface area (Å²) in [6, 6.07) is -0.279. The molecule has 0 radical (unpaired) electrons. The van der Waals surface area contributed by atoms with Gasteiger partial charge in [-0.15, -0.1) is 0 Å². The smallest absolute Gasteiger partial charge is 0.321 e. The van der Waals surface area contributed by atoms with Gasteiger partial charge >= 0.3 is 6.03 Å². The lowest BCUT2D eigenvalue weighted by molar-refractivity contribution is -0.121. The molecule has 0 unspecified atom stereocenters. The van der Waals surface area contributed by atoms with E-state index in [4.69, 9.17) is 5.73 Å². The number of rotatable bonds is 3. The van der Waals surface area contributed by atoms with Gasteiger partial charge in [-0.25, -0.2) is 4.79 Å². The minimum atomic E-state index is -0.439. The lowest BCUT2D eigenvalue weighted by Gasteiger charge is -2.29. The molecule has 0 saturated carbocycles. The number of urea groups is 1. The molecular weight excluding hydrogens is 220 g/mol. The summed E-state index contributed by atoms with van der Waals surface area (Å²) in [6.07, 6.45) is 2.01. The summed E-state index contributed by atoms with van der Waals surface area (Å²) in [4.78, 5) is 24.8. The zero-order valence-electron chi connectivity index (χ0n) is 10.5. The summed E-state index contributed by atoms with van der Waals surface area (Å²) in [5, 5.41) is 4.91. The number of amides is 3. The zero-order chi connectivity index (χ0) is 12.8. The Labute approximate surface area is 102 Å². The molecule has 1 rings (SSSR count). The first kappa shape index (κ1) is 13.9. The highest BCUT2D eigenvalue weighted by Gasteiger charge is 2.19. The summed E-state index contributed by atoms with van der Waals surface area (Å²) >= 11 is 0. The van der Waals surface area contributed by atoms with E-state index in [-0.39, 0.29) is 24.5 Å². The Bertz CT molecular complexity index is 281. The standard InChI is InChI=1S/C11H22N4O2/c1-8(2)13-11(17)14-10(16)7-15-5-3-4-9(12)6-15/h8-9H,3-7,12H2,1-2H3,(H2,13,14,16,17)/t9-/m1/s1. The molecule has 1 aliphatic rings.